The van der Waals surface area contributed by atoms with Crippen LogP contribution < -0.4 is 10.2 Å². The van der Waals surface area contributed by atoms with Crippen LogP contribution in [-0.4, -0.2) is 59.3 Å². The van der Waals surface area contributed by atoms with E-state index >= 15 is 0 Å². The van der Waals surface area contributed by atoms with Crippen molar-refractivity contribution in [2.45, 2.75) is 25.7 Å². The third-order valence-electron chi connectivity index (χ3n) is 5.53. The number of carbonyl (C=O) groups is 1. The minimum absolute atomic E-state index is 0.166. The van der Waals surface area contributed by atoms with E-state index < -0.39 is 0 Å². The predicted molar refractivity (Wildman–Crippen MR) is 111 cm³/mol. The quantitative estimate of drug-likeness (QED) is 0.634. The van der Waals surface area contributed by atoms with Crippen LogP contribution in [-0.2, 0) is 18.3 Å². The molecule has 1 amide bonds. The van der Waals surface area contributed by atoms with Gasteiger partial charge in [-0.15, -0.1) is 0 Å². The molecule has 0 aliphatic carbocycles. The lowest BCUT2D eigenvalue weighted by molar-refractivity contribution is -0.117. The number of nitrogens with one attached hydrogen (secondary N) is 1. The first-order valence-electron chi connectivity index (χ1n) is 10.1. The number of aryl methyl sites for hydroxylation is 1. The molecule has 0 radical (unpaired) electrons. The van der Waals surface area contributed by atoms with Crippen LogP contribution >= 0.6 is 0 Å². The van der Waals surface area contributed by atoms with E-state index in [1.807, 2.05) is 47.1 Å². The Morgan fingerprint density at radius 1 is 1.36 bits per heavy atom. The molecule has 0 bridgehead atoms. The highest BCUT2D eigenvalue weighted by molar-refractivity contribution is 6.01. The second-order valence-corrected chi connectivity index (χ2v) is 7.47. The number of carbonyl (C=O) groups excluding carboxylic acids is 1. The molecule has 1 atom stereocenters. The van der Waals surface area contributed by atoms with Gasteiger partial charge in [-0.3, -0.25) is 14.5 Å². The lowest BCUT2D eigenvalue weighted by Crippen LogP contribution is -2.40. The Balaban J connectivity index is 1.39. The van der Waals surface area contributed by atoms with Crippen molar-refractivity contribution < 1.29 is 4.79 Å². The van der Waals surface area contributed by atoms with Crippen LogP contribution in [0.1, 0.15) is 30.4 Å². The highest BCUT2D eigenvalue weighted by atomic mass is 16.2. The van der Waals surface area contributed by atoms with Crippen molar-refractivity contribution in [3.05, 3.63) is 47.8 Å². The van der Waals surface area contributed by atoms with Gasteiger partial charge in [0, 0.05) is 51.0 Å². The first kappa shape index (κ1) is 18.5. The van der Waals surface area contributed by atoms with Gasteiger partial charge in [-0.2, -0.15) is 5.10 Å². The van der Waals surface area contributed by atoms with Gasteiger partial charge < -0.3 is 15.1 Å². The lowest BCUT2D eigenvalue weighted by atomic mass is 10.0. The van der Waals surface area contributed by atoms with Crippen LogP contribution in [0.4, 0.5) is 5.69 Å². The van der Waals surface area contributed by atoms with Gasteiger partial charge in [0.15, 0.2) is 5.96 Å². The molecule has 2 aliphatic heterocycles. The van der Waals surface area contributed by atoms with Crippen molar-refractivity contribution >= 4 is 17.6 Å². The number of benzene rings is 1. The van der Waals surface area contributed by atoms with Crippen LogP contribution in [0.5, 0.6) is 0 Å². The van der Waals surface area contributed by atoms with Crippen LogP contribution in [0.3, 0.4) is 0 Å². The summed E-state index contributed by atoms with van der Waals surface area (Å²) in [5.41, 5.74) is 3.44. The molecule has 4 rings (SSSR count). The molecule has 1 aromatic carbocycles. The van der Waals surface area contributed by atoms with Crippen molar-refractivity contribution in [1.82, 2.24) is 20.0 Å². The zero-order valence-corrected chi connectivity index (χ0v) is 16.6. The van der Waals surface area contributed by atoms with Crippen molar-refractivity contribution in [2.75, 3.05) is 37.6 Å². The molecule has 2 aromatic rings. The van der Waals surface area contributed by atoms with E-state index in [-0.39, 0.29) is 5.91 Å². The number of hydrogen-bond acceptors (Lipinski definition) is 3. The molecule has 28 heavy (non-hydrogen) atoms. The maximum Gasteiger partial charge on any atom is 0.231 e. The van der Waals surface area contributed by atoms with Gasteiger partial charge in [-0.05, 0) is 30.5 Å². The summed E-state index contributed by atoms with van der Waals surface area (Å²) in [7, 11) is 1.96. The number of rotatable bonds is 5. The summed E-state index contributed by atoms with van der Waals surface area (Å²) in [4.78, 5) is 21.3. The summed E-state index contributed by atoms with van der Waals surface area (Å²) in [6, 6.07) is 8.03. The van der Waals surface area contributed by atoms with E-state index in [9.17, 15) is 4.79 Å². The lowest BCUT2D eigenvalue weighted by Gasteiger charge is -2.22. The second kappa shape index (κ2) is 8.04. The number of aliphatic imine (C=N–C) groups is 1. The van der Waals surface area contributed by atoms with Gasteiger partial charge >= 0.3 is 0 Å². The normalized spacial score (nSPS) is 19.4. The second-order valence-electron chi connectivity index (χ2n) is 7.47. The summed E-state index contributed by atoms with van der Waals surface area (Å²) in [5, 5.41) is 7.71. The number of amides is 1. The van der Waals surface area contributed by atoms with Gasteiger partial charge in [0.25, 0.3) is 0 Å². The van der Waals surface area contributed by atoms with Gasteiger partial charge in [0.2, 0.25) is 5.91 Å². The van der Waals surface area contributed by atoms with E-state index in [1.165, 1.54) is 5.56 Å². The topological polar surface area (TPSA) is 65.8 Å². The highest BCUT2D eigenvalue weighted by Crippen LogP contribution is 2.28. The Labute approximate surface area is 166 Å². The summed E-state index contributed by atoms with van der Waals surface area (Å²) in [6.07, 6.45) is 5.68. The number of nitrogens with zero attached hydrogens (tertiary/aromatic N) is 5. The number of guanidine groups is 1. The molecule has 1 fully saturated rings. The Morgan fingerprint density at radius 3 is 3.00 bits per heavy atom. The SMILES string of the molecule is CCNC(=NCCN1C(=O)Cc2ccccc21)N1CCC(c2cnn(C)c2)C1. The van der Waals surface area contributed by atoms with Crippen molar-refractivity contribution in [1.29, 1.82) is 0 Å². The highest BCUT2D eigenvalue weighted by Gasteiger charge is 2.28. The molecule has 1 saturated heterocycles. The Hall–Kier alpha value is -2.83. The number of hydrogen-bond donors (Lipinski definition) is 1. The van der Waals surface area contributed by atoms with Crippen molar-refractivity contribution in [2.24, 2.45) is 12.0 Å². The summed E-state index contributed by atoms with van der Waals surface area (Å²) < 4.78 is 1.86. The molecule has 7 nitrogen and oxygen atoms in total. The Bertz CT molecular complexity index is 873. The molecule has 1 aromatic heterocycles. The van der Waals surface area contributed by atoms with E-state index in [1.54, 1.807) is 0 Å². The molecule has 7 heteroatoms. The van der Waals surface area contributed by atoms with Crippen LogP contribution in [0.15, 0.2) is 41.7 Å². The molecule has 1 N–H and O–H groups in total. The first-order chi connectivity index (χ1) is 13.7. The molecule has 0 saturated carbocycles. The Kier molecular flexibility index (Phi) is 5.32. The minimum Gasteiger partial charge on any atom is -0.357 e. The molecule has 2 aliphatic rings. The fraction of sp³-hybridized carbons (Fsp3) is 0.476. The van der Waals surface area contributed by atoms with Gasteiger partial charge in [0.05, 0.1) is 19.2 Å². The Morgan fingerprint density at radius 2 is 2.21 bits per heavy atom. The third kappa shape index (κ3) is 3.74. The van der Waals surface area contributed by atoms with Gasteiger partial charge in [-0.1, -0.05) is 18.2 Å². The smallest absolute Gasteiger partial charge is 0.231 e. The number of fused-ring (bicyclic) bond motifs is 1. The molecule has 3 heterocycles. The largest absolute Gasteiger partial charge is 0.357 e. The van der Waals surface area contributed by atoms with E-state index in [0.29, 0.717) is 25.4 Å². The monoisotopic (exact) mass is 380 g/mol. The van der Waals surface area contributed by atoms with Crippen molar-refractivity contribution in [3.63, 3.8) is 0 Å². The summed E-state index contributed by atoms with van der Waals surface area (Å²) in [6.45, 7) is 6.06. The van der Waals surface area contributed by atoms with Gasteiger partial charge in [-0.25, -0.2) is 0 Å². The van der Waals surface area contributed by atoms with Crippen LogP contribution in [0, 0.1) is 0 Å². The fourth-order valence-electron chi connectivity index (χ4n) is 4.12. The standard InChI is InChI=1S/C21H28N6O/c1-3-22-21(26-10-8-17(15-26)18-13-24-25(2)14-18)23-9-11-27-19-7-5-4-6-16(19)12-20(27)28/h4-7,13-14,17H,3,8-12,15H2,1-2H3,(H,22,23). The minimum atomic E-state index is 0.166. The summed E-state index contributed by atoms with van der Waals surface area (Å²) >= 11 is 0. The average Bonchev–Trinajstić information content (AvgIpc) is 3.40. The van der Waals surface area contributed by atoms with E-state index in [2.05, 4.69) is 28.4 Å². The molecular weight excluding hydrogens is 352 g/mol. The molecular formula is C21H28N6O. The predicted octanol–water partition coefficient (Wildman–Crippen LogP) is 1.76. The average molecular weight is 380 g/mol. The van der Waals surface area contributed by atoms with E-state index in [0.717, 1.165) is 43.3 Å². The number of aromatic nitrogens is 2. The number of para-hydroxylation sites is 1. The van der Waals surface area contributed by atoms with Crippen LogP contribution in [0.2, 0.25) is 0 Å². The first-order valence-corrected chi connectivity index (χ1v) is 10.1. The summed E-state index contributed by atoms with van der Waals surface area (Å²) in [5.74, 6) is 1.60. The maximum absolute atomic E-state index is 12.3. The third-order valence-corrected chi connectivity index (χ3v) is 5.53. The maximum atomic E-state index is 12.3. The van der Waals surface area contributed by atoms with Gasteiger partial charge in [0.1, 0.15) is 0 Å². The number of anilines is 1. The molecule has 1 unspecified atom stereocenters. The van der Waals surface area contributed by atoms with E-state index in [4.69, 9.17) is 4.99 Å². The molecule has 148 valence electrons. The zero-order chi connectivity index (χ0) is 19.5. The molecule has 0 spiro atoms. The van der Waals surface area contributed by atoms with Crippen LogP contribution in [0.25, 0.3) is 0 Å². The fourth-order valence-corrected chi connectivity index (χ4v) is 4.12. The van der Waals surface area contributed by atoms with Crippen molar-refractivity contribution in [3.8, 4) is 0 Å². The zero-order valence-electron chi connectivity index (χ0n) is 16.6. The number of likely N-dealkylation sites (tertiary alicyclic amines) is 1.